The number of aromatic hydroxyl groups is 1. The summed E-state index contributed by atoms with van der Waals surface area (Å²) in [6.07, 6.45) is -0.387. The summed E-state index contributed by atoms with van der Waals surface area (Å²) in [4.78, 5) is 24.0. The smallest absolute Gasteiger partial charge is 0.276 e. The number of phenolic OH excluding ortho intramolecular Hbond substituents is 1. The van der Waals surface area contributed by atoms with Gasteiger partial charge in [-0.25, -0.2) is 0 Å². The number of primary amides is 1. The van der Waals surface area contributed by atoms with Gasteiger partial charge in [0.25, 0.3) is 12.0 Å². The Morgan fingerprint density at radius 3 is 2.18 bits per heavy atom. The van der Waals surface area contributed by atoms with Gasteiger partial charge in [0.15, 0.2) is 6.04 Å². The summed E-state index contributed by atoms with van der Waals surface area (Å²) in [6.45, 7) is 5.33. The fraction of sp³-hybridized carbons (Fsp3) is 0.500. The molecule has 1 aromatic carbocycles. The van der Waals surface area contributed by atoms with Gasteiger partial charge in [0.2, 0.25) is 0 Å². The van der Waals surface area contributed by atoms with Gasteiger partial charge in [0, 0.05) is 18.4 Å². The van der Waals surface area contributed by atoms with Gasteiger partial charge in [-0.05, 0) is 45.0 Å². The van der Waals surface area contributed by atoms with Crippen molar-refractivity contribution < 1.29 is 24.3 Å². The third-order valence-corrected chi connectivity index (χ3v) is 4.72. The van der Waals surface area contributed by atoms with Gasteiger partial charge < -0.3 is 20.7 Å². The van der Waals surface area contributed by atoms with E-state index in [1.165, 1.54) is 12.1 Å². The van der Waals surface area contributed by atoms with Crippen LogP contribution >= 0.6 is 0 Å². The molecule has 0 spiro atoms. The molecule has 1 heterocycles. The van der Waals surface area contributed by atoms with Crippen LogP contribution in [0.25, 0.3) is 0 Å². The number of hydrogen-bond donors (Lipinski definition) is 2. The minimum atomic E-state index is -1.30. The number of hydrogen-bond acceptors (Lipinski definition) is 4. The number of carboxylic acid groups (broad SMARTS) is 1. The minimum absolute atomic E-state index is 0.107. The molecule has 0 bridgehead atoms. The molecule has 6 nitrogen and oxygen atoms in total. The van der Waals surface area contributed by atoms with E-state index in [4.69, 9.17) is 5.73 Å². The highest BCUT2D eigenvalue weighted by Crippen LogP contribution is 2.49. The topological polar surface area (TPSA) is 103 Å². The molecule has 1 saturated heterocycles. The van der Waals surface area contributed by atoms with E-state index in [0.717, 1.165) is 5.56 Å². The summed E-state index contributed by atoms with van der Waals surface area (Å²) in [6, 6.07) is 5.13. The quantitative estimate of drug-likeness (QED) is 0.797. The van der Waals surface area contributed by atoms with Crippen LogP contribution in [-0.2, 0) is 4.79 Å². The van der Waals surface area contributed by atoms with Gasteiger partial charge in [0.05, 0.1) is 5.54 Å². The van der Waals surface area contributed by atoms with Gasteiger partial charge in [-0.3, -0.25) is 9.28 Å². The molecule has 3 N–H and O–H groups in total. The van der Waals surface area contributed by atoms with Crippen molar-refractivity contribution in [2.75, 3.05) is 0 Å². The number of carbonyl (C=O) groups excluding carboxylic acids is 2. The van der Waals surface area contributed by atoms with Crippen molar-refractivity contribution in [1.29, 1.82) is 0 Å². The van der Waals surface area contributed by atoms with E-state index < -0.39 is 34.1 Å². The minimum Gasteiger partial charge on any atom is -0.508 e. The number of quaternary nitrogens is 1. The second kappa shape index (κ2) is 5.28. The monoisotopic (exact) mass is 306 g/mol. The number of phenols is 1. The van der Waals surface area contributed by atoms with E-state index in [9.17, 15) is 19.8 Å². The van der Waals surface area contributed by atoms with E-state index >= 15 is 0 Å². The van der Waals surface area contributed by atoms with Crippen LogP contribution in [0.5, 0.6) is 5.75 Å². The summed E-state index contributed by atoms with van der Waals surface area (Å²) in [5.41, 5.74) is 5.47. The van der Waals surface area contributed by atoms with E-state index in [1.807, 2.05) is 0 Å². The lowest BCUT2D eigenvalue weighted by atomic mass is 9.94. The molecule has 1 fully saturated rings. The van der Waals surface area contributed by atoms with E-state index in [2.05, 4.69) is 0 Å². The molecule has 1 unspecified atom stereocenters. The Bertz CT molecular complexity index is 591. The van der Waals surface area contributed by atoms with Crippen molar-refractivity contribution in [2.45, 2.75) is 51.2 Å². The van der Waals surface area contributed by atoms with Gasteiger partial charge in [0.1, 0.15) is 11.8 Å². The van der Waals surface area contributed by atoms with Crippen molar-refractivity contribution in [3.63, 3.8) is 0 Å². The van der Waals surface area contributed by atoms with Crippen LogP contribution < -0.4 is 10.8 Å². The van der Waals surface area contributed by atoms with Gasteiger partial charge in [-0.1, -0.05) is 0 Å². The molecular weight excluding hydrogens is 284 g/mol. The zero-order chi connectivity index (χ0) is 16.7. The predicted molar refractivity (Wildman–Crippen MR) is 78.5 cm³/mol. The van der Waals surface area contributed by atoms with Crippen molar-refractivity contribution in [2.24, 2.45) is 5.73 Å². The molecule has 6 heteroatoms. The summed E-state index contributed by atoms with van der Waals surface area (Å²) >= 11 is 0. The fourth-order valence-electron chi connectivity index (χ4n) is 3.84. The highest BCUT2D eigenvalue weighted by Gasteiger charge is 2.60. The summed E-state index contributed by atoms with van der Waals surface area (Å²) in [5.74, 6) is -0.518. The second-order valence-electron chi connectivity index (χ2n) is 6.82. The Morgan fingerprint density at radius 1 is 1.23 bits per heavy atom. The van der Waals surface area contributed by atoms with Crippen LogP contribution in [-0.4, -0.2) is 33.2 Å². The first kappa shape index (κ1) is 16.3. The molecule has 2 amide bonds. The molecule has 2 rings (SSSR count). The molecule has 1 aliphatic heterocycles. The van der Waals surface area contributed by atoms with Crippen molar-refractivity contribution in [1.82, 2.24) is 0 Å². The van der Waals surface area contributed by atoms with Crippen LogP contribution in [0.15, 0.2) is 24.3 Å². The Hall–Kier alpha value is -2.08. The van der Waals surface area contributed by atoms with E-state index in [-0.39, 0.29) is 5.75 Å². The number of likely N-dealkylation sites (tertiary alicyclic amines) is 1. The van der Waals surface area contributed by atoms with Crippen LogP contribution in [0.4, 0.5) is 4.79 Å². The molecule has 0 radical (unpaired) electrons. The predicted octanol–water partition coefficient (Wildman–Crippen LogP) is 1.04. The average Bonchev–Trinajstić information content (AvgIpc) is 2.80. The molecule has 0 aliphatic carbocycles. The van der Waals surface area contributed by atoms with Crippen molar-refractivity contribution >= 4 is 12.0 Å². The zero-order valence-electron chi connectivity index (χ0n) is 13.1. The zero-order valence-corrected chi connectivity index (χ0v) is 13.1. The van der Waals surface area contributed by atoms with E-state index in [0.29, 0.717) is 12.8 Å². The molecule has 0 aromatic heterocycles. The second-order valence-corrected chi connectivity index (χ2v) is 6.82. The average molecular weight is 306 g/mol. The third kappa shape index (κ3) is 2.23. The Kier molecular flexibility index (Phi) is 3.91. The van der Waals surface area contributed by atoms with Crippen LogP contribution in [0.3, 0.4) is 0 Å². The van der Waals surface area contributed by atoms with Crippen LogP contribution in [0, 0.1) is 0 Å². The Labute approximate surface area is 129 Å². The number of amides is 2. The molecule has 1 aromatic rings. The maximum atomic E-state index is 12.1. The van der Waals surface area contributed by atoms with Crippen molar-refractivity contribution in [3.05, 3.63) is 29.8 Å². The maximum Gasteiger partial charge on any atom is 0.276 e. The Morgan fingerprint density at radius 2 is 1.77 bits per heavy atom. The first-order chi connectivity index (χ1) is 10.1. The van der Waals surface area contributed by atoms with Gasteiger partial charge in [-0.2, -0.15) is 0 Å². The van der Waals surface area contributed by atoms with Gasteiger partial charge >= 0.3 is 0 Å². The number of benzene rings is 1. The summed E-state index contributed by atoms with van der Waals surface area (Å²) in [7, 11) is 0. The number of nitrogens with two attached hydrogens (primary N) is 1. The lowest BCUT2D eigenvalue weighted by Crippen LogP contribution is -2.72. The molecular formula is C16H22N2O4. The largest absolute Gasteiger partial charge is 0.508 e. The normalized spacial score (nSPS) is 28.5. The molecule has 1 aliphatic rings. The molecule has 0 saturated carbocycles. The van der Waals surface area contributed by atoms with E-state index in [1.54, 1.807) is 32.9 Å². The lowest BCUT2D eigenvalue weighted by molar-refractivity contribution is -0.948. The first-order valence-electron chi connectivity index (χ1n) is 7.30. The Balaban J connectivity index is 2.64. The maximum absolute atomic E-state index is 12.1. The molecule has 3 atom stereocenters. The lowest BCUT2D eigenvalue weighted by Gasteiger charge is -2.52. The van der Waals surface area contributed by atoms with Crippen molar-refractivity contribution in [3.8, 4) is 5.75 Å². The number of carbonyl (C=O) groups is 2. The van der Waals surface area contributed by atoms with Gasteiger partial charge in [-0.15, -0.1) is 0 Å². The van der Waals surface area contributed by atoms with Crippen LogP contribution in [0.1, 0.15) is 45.2 Å². The number of nitrogens with zero attached hydrogens (tertiary/aromatic N) is 1. The SMILES string of the molecule is CC(C)(C)[N+]1(C(=O)[O-])[C@H](C(N)=O)CC[C@H]1c1ccc(O)cc1. The standard InChI is InChI=1S/C16H22N2O4/c1-16(2,3)18(15(21)22)12(8-9-13(18)14(17)20)10-4-6-11(19)7-5-10/h4-7,12-13H,8-9H2,1-3H3,(H3-,17,19,20,21,22)/t12-,13-,18?/m0/s1. The summed E-state index contributed by atoms with van der Waals surface area (Å²) in [5, 5.41) is 21.6. The fourth-order valence-corrected chi connectivity index (χ4v) is 3.84. The third-order valence-electron chi connectivity index (χ3n) is 4.72. The molecule has 120 valence electrons. The molecule has 22 heavy (non-hydrogen) atoms. The van der Waals surface area contributed by atoms with Crippen LogP contribution in [0.2, 0.25) is 0 Å². The number of rotatable bonds is 2. The summed E-state index contributed by atoms with van der Waals surface area (Å²) < 4.78 is -0.521. The highest BCUT2D eigenvalue weighted by molar-refractivity contribution is 5.81. The first-order valence-corrected chi connectivity index (χ1v) is 7.30. The highest BCUT2D eigenvalue weighted by atomic mass is 16.4.